The van der Waals surface area contributed by atoms with E-state index in [1.165, 1.54) is 22.7 Å². The highest BCUT2D eigenvalue weighted by Crippen LogP contribution is 2.23. The van der Waals surface area contributed by atoms with Crippen molar-refractivity contribution in [3.63, 3.8) is 0 Å². The molecule has 1 aromatic heterocycles. The Morgan fingerprint density at radius 1 is 0.963 bits per heavy atom. The van der Waals surface area contributed by atoms with Crippen LogP contribution in [0.1, 0.15) is 5.76 Å². The molecule has 0 bridgehead atoms. The molecule has 1 aliphatic rings. The summed E-state index contributed by atoms with van der Waals surface area (Å²) in [5, 5.41) is 0. The van der Waals surface area contributed by atoms with Gasteiger partial charge < -0.3 is 18.6 Å². The fourth-order valence-electron chi connectivity index (χ4n) is 3.55. The van der Waals surface area contributed by atoms with Crippen LogP contribution in [0.4, 0.5) is 10.1 Å². The van der Waals surface area contributed by atoms with Crippen LogP contribution in [-0.4, -0.2) is 32.7 Å². The molecule has 0 unspecified atom stereocenters. The molecule has 0 saturated carbocycles. The van der Waals surface area contributed by atoms with Gasteiger partial charge in [-0.3, -0.25) is 0 Å². The summed E-state index contributed by atoms with van der Waals surface area (Å²) in [6.45, 7) is 4.92. The average molecular weight is 369 g/mol. The van der Waals surface area contributed by atoms with Gasteiger partial charge in [-0.1, -0.05) is 18.2 Å². The van der Waals surface area contributed by atoms with E-state index in [1.807, 2.05) is 6.07 Å². The predicted molar refractivity (Wildman–Crippen MR) is 101 cm³/mol. The summed E-state index contributed by atoms with van der Waals surface area (Å²) >= 11 is 0. The number of nitrogens with one attached hydrogen (secondary N) is 1. The third kappa shape index (κ3) is 4.11. The van der Waals surface area contributed by atoms with Crippen molar-refractivity contribution in [1.29, 1.82) is 0 Å². The molecule has 0 aliphatic carbocycles. The number of nitrogens with zero attached hydrogens (tertiary/aromatic N) is 1. The second-order valence-electron chi connectivity index (χ2n) is 6.79. The largest absolute Gasteiger partial charge is 0.519 e. The molecule has 1 fully saturated rings. The highest BCUT2D eigenvalue weighted by atomic mass is 19.1. The lowest BCUT2D eigenvalue weighted by Crippen LogP contribution is -3.15. The van der Waals surface area contributed by atoms with Gasteiger partial charge in [-0.05, 0) is 36.4 Å². The molecule has 27 heavy (non-hydrogen) atoms. The molecular weight excluding hydrogens is 347 g/mol. The molecule has 2 heterocycles. The van der Waals surface area contributed by atoms with E-state index in [0.29, 0.717) is 23.5 Å². The van der Waals surface area contributed by atoms with Crippen molar-refractivity contribution in [1.82, 2.24) is 0 Å². The number of quaternary nitrogens is 1. The minimum Gasteiger partial charge on any atom is -0.395 e. The lowest BCUT2D eigenvalue weighted by Gasteiger charge is -2.33. The third-order valence-electron chi connectivity index (χ3n) is 5.05. The summed E-state index contributed by atoms with van der Waals surface area (Å²) in [7, 11) is 0. The van der Waals surface area contributed by atoms with E-state index < -0.39 is 5.82 Å². The maximum atomic E-state index is 13.1. The molecular formula is C21H22FN2O3+. The monoisotopic (exact) mass is 369 g/mol. The quantitative estimate of drug-likeness (QED) is 0.747. The van der Waals surface area contributed by atoms with Crippen molar-refractivity contribution < 1.29 is 18.1 Å². The van der Waals surface area contributed by atoms with Gasteiger partial charge in [0.1, 0.15) is 5.82 Å². The first-order valence-electron chi connectivity index (χ1n) is 9.21. The molecule has 4 rings (SSSR count). The summed E-state index contributed by atoms with van der Waals surface area (Å²) in [4.78, 5) is 15.4. The van der Waals surface area contributed by atoms with Crippen molar-refractivity contribution in [2.75, 3.05) is 37.6 Å². The fraction of sp³-hybridized carbons (Fsp3) is 0.286. The number of para-hydroxylation sites is 1. The normalized spacial score (nSPS) is 15.2. The SMILES string of the molecule is O=c1oc(CC[NH+]2CCN(c3ccccc3)CC2)c(-c2ccc(F)cc2)o1. The zero-order valence-corrected chi connectivity index (χ0v) is 15.0. The van der Waals surface area contributed by atoms with Crippen molar-refractivity contribution in [3.8, 4) is 11.3 Å². The molecule has 0 atom stereocenters. The van der Waals surface area contributed by atoms with Crippen molar-refractivity contribution in [3.05, 3.63) is 76.8 Å². The summed E-state index contributed by atoms with van der Waals surface area (Å²) in [5.41, 5.74) is 1.91. The molecule has 1 saturated heterocycles. The first kappa shape index (κ1) is 17.5. The average Bonchev–Trinajstić information content (AvgIpc) is 3.08. The number of benzene rings is 2. The summed E-state index contributed by atoms with van der Waals surface area (Å²) in [6, 6.07) is 16.3. The highest BCUT2D eigenvalue weighted by Gasteiger charge is 2.22. The summed E-state index contributed by atoms with van der Waals surface area (Å²) < 4.78 is 23.6. The molecule has 1 aliphatic heterocycles. The zero-order valence-electron chi connectivity index (χ0n) is 15.0. The number of rotatable bonds is 5. The molecule has 5 nitrogen and oxygen atoms in total. The van der Waals surface area contributed by atoms with E-state index in [-0.39, 0.29) is 5.82 Å². The van der Waals surface area contributed by atoms with E-state index in [4.69, 9.17) is 8.83 Å². The molecule has 0 radical (unpaired) electrons. The van der Waals surface area contributed by atoms with Gasteiger partial charge >= 0.3 is 5.82 Å². The smallest absolute Gasteiger partial charge is 0.395 e. The first-order valence-corrected chi connectivity index (χ1v) is 9.21. The Morgan fingerprint density at radius 3 is 2.37 bits per heavy atom. The molecule has 1 N–H and O–H groups in total. The molecule has 0 spiro atoms. The lowest BCUT2D eigenvalue weighted by molar-refractivity contribution is -0.900. The number of piperazine rings is 1. The predicted octanol–water partition coefficient (Wildman–Crippen LogP) is 1.99. The van der Waals surface area contributed by atoms with Crippen LogP contribution in [0.25, 0.3) is 11.3 Å². The Balaban J connectivity index is 1.37. The van der Waals surface area contributed by atoms with Gasteiger partial charge in [0.25, 0.3) is 0 Å². The fourth-order valence-corrected chi connectivity index (χ4v) is 3.55. The molecule has 3 aromatic rings. The minimum absolute atomic E-state index is 0.327. The van der Waals surface area contributed by atoms with Crippen LogP contribution in [-0.2, 0) is 6.42 Å². The van der Waals surface area contributed by atoms with Crippen LogP contribution in [0, 0.1) is 5.82 Å². The first-order chi connectivity index (χ1) is 13.2. The highest BCUT2D eigenvalue weighted by molar-refractivity contribution is 5.58. The van der Waals surface area contributed by atoms with Gasteiger partial charge in [0.2, 0.25) is 0 Å². The maximum Gasteiger partial charge on any atom is 0.519 e. The standard InChI is InChI=1S/C21H21FN2O3/c22-17-8-6-16(7-9-17)20-19(26-21(25)27-20)10-11-23-12-14-24(15-13-23)18-4-2-1-3-5-18/h1-9H,10-15H2/p+1. The molecule has 6 heteroatoms. The van der Waals surface area contributed by atoms with E-state index >= 15 is 0 Å². The molecule has 140 valence electrons. The number of hydrogen-bond donors (Lipinski definition) is 1. The Bertz CT molecular complexity index is 926. The van der Waals surface area contributed by atoms with Crippen molar-refractivity contribution in [2.45, 2.75) is 6.42 Å². The Morgan fingerprint density at radius 2 is 1.67 bits per heavy atom. The summed E-state index contributed by atoms with van der Waals surface area (Å²) in [5.74, 6) is -0.105. The van der Waals surface area contributed by atoms with Crippen LogP contribution in [0.5, 0.6) is 0 Å². The van der Waals surface area contributed by atoms with Crippen molar-refractivity contribution >= 4 is 5.69 Å². The van der Waals surface area contributed by atoms with Crippen LogP contribution in [0.3, 0.4) is 0 Å². The van der Waals surface area contributed by atoms with Crippen LogP contribution in [0.2, 0.25) is 0 Å². The minimum atomic E-state index is -0.715. The number of anilines is 1. The maximum absolute atomic E-state index is 13.1. The topological polar surface area (TPSA) is 51.0 Å². The Labute approximate surface area is 156 Å². The second kappa shape index (κ2) is 7.80. The van der Waals surface area contributed by atoms with E-state index in [9.17, 15) is 9.18 Å². The summed E-state index contributed by atoms with van der Waals surface area (Å²) in [6.07, 6.45) is 0.610. The van der Waals surface area contributed by atoms with Crippen LogP contribution < -0.4 is 15.6 Å². The lowest BCUT2D eigenvalue weighted by atomic mass is 10.1. The van der Waals surface area contributed by atoms with Crippen molar-refractivity contribution in [2.24, 2.45) is 0 Å². The van der Waals surface area contributed by atoms with Gasteiger partial charge in [-0.25, -0.2) is 9.18 Å². The van der Waals surface area contributed by atoms with Gasteiger partial charge in [-0.2, -0.15) is 0 Å². The number of halogens is 1. The zero-order chi connectivity index (χ0) is 18.6. The van der Waals surface area contributed by atoms with Crippen LogP contribution in [0.15, 0.2) is 68.2 Å². The number of hydrogen-bond acceptors (Lipinski definition) is 4. The second-order valence-corrected chi connectivity index (χ2v) is 6.79. The van der Waals surface area contributed by atoms with E-state index in [2.05, 4.69) is 29.2 Å². The Hall–Kier alpha value is -2.86. The van der Waals surface area contributed by atoms with Gasteiger partial charge in [0, 0.05) is 11.3 Å². The van der Waals surface area contributed by atoms with Crippen LogP contribution >= 0.6 is 0 Å². The Kier molecular flexibility index (Phi) is 5.07. The molecule has 2 aromatic carbocycles. The molecule has 0 amide bonds. The van der Waals surface area contributed by atoms with Gasteiger partial charge in [0.15, 0.2) is 11.5 Å². The van der Waals surface area contributed by atoms with Gasteiger partial charge in [0.05, 0.1) is 39.1 Å². The van der Waals surface area contributed by atoms with E-state index in [0.717, 1.165) is 32.7 Å². The van der Waals surface area contributed by atoms with Gasteiger partial charge in [-0.15, -0.1) is 0 Å². The van der Waals surface area contributed by atoms with E-state index in [1.54, 1.807) is 12.1 Å². The third-order valence-corrected chi connectivity index (χ3v) is 5.05.